The molecule has 6 aliphatic rings. The van der Waals surface area contributed by atoms with Gasteiger partial charge in [0.15, 0.2) is 12.6 Å². The number of nitrogens with zero attached hydrogens (tertiary/aromatic N) is 3. The molecule has 1 unspecified atom stereocenters. The predicted octanol–water partition coefficient (Wildman–Crippen LogP) is 0.456. The Hall–Kier alpha value is -3.75. The zero-order chi connectivity index (χ0) is 25.4. The van der Waals surface area contributed by atoms with E-state index in [4.69, 9.17) is 4.74 Å². The van der Waals surface area contributed by atoms with Crippen LogP contribution < -0.4 is 15.9 Å². The minimum absolute atomic E-state index is 0.0577. The summed E-state index contributed by atoms with van der Waals surface area (Å²) in [5.41, 5.74) is 4.79. The van der Waals surface area contributed by atoms with Crippen molar-refractivity contribution < 1.29 is 23.9 Å². The monoisotopic (exact) mass is 499 g/mol. The van der Waals surface area contributed by atoms with Gasteiger partial charge in [-0.2, -0.15) is 0 Å². The fraction of sp³-hybridized carbons (Fsp3) is 0.345. The fourth-order valence-corrected chi connectivity index (χ4v) is 6.18. The molecule has 8 nitrogen and oxygen atoms in total. The van der Waals surface area contributed by atoms with Gasteiger partial charge in [0.25, 0.3) is 5.91 Å². The summed E-state index contributed by atoms with van der Waals surface area (Å²) in [5.74, 6) is -0.141. The number of carbonyl (C=O) groups is 2. The lowest BCUT2D eigenvalue weighted by Crippen LogP contribution is -2.67. The Morgan fingerprint density at radius 3 is 2.81 bits per heavy atom. The van der Waals surface area contributed by atoms with Crippen LogP contribution in [0, 0.1) is 5.92 Å². The van der Waals surface area contributed by atoms with Gasteiger partial charge in [-0.05, 0) is 27.7 Å². The average molecular weight is 500 g/mol. The number of hydrogen-bond donors (Lipinski definition) is 2. The first-order chi connectivity index (χ1) is 18.0. The molecule has 0 radical (unpaired) electrons. The molecule has 1 amide bonds. The van der Waals surface area contributed by atoms with Gasteiger partial charge in [-0.3, -0.25) is 15.2 Å². The lowest BCUT2D eigenvalue weighted by atomic mass is 9.83. The number of rotatable bonds is 5. The SMILES string of the molecule is O=C(C[N+]12CCC(CC1)[C@@H](OC(=O)C1=c3ccccc3=CC=C3C1=CC=CC3O)C2)NN1C=NC=CC1. The Labute approximate surface area is 215 Å². The van der Waals surface area contributed by atoms with Crippen LogP contribution >= 0.6 is 0 Å². The summed E-state index contributed by atoms with van der Waals surface area (Å²) < 4.78 is 6.89. The number of aliphatic imine (C=N–C) groups is 1. The van der Waals surface area contributed by atoms with Crippen molar-refractivity contribution in [3.63, 3.8) is 0 Å². The number of allylic oxidation sites excluding steroid dienone is 3. The lowest BCUT2D eigenvalue weighted by Gasteiger charge is -2.51. The number of quaternary nitrogens is 1. The van der Waals surface area contributed by atoms with Gasteiger partial charge >= 0.3 is 5.97 Å². The highest BCUT2D eigenvalue weighted by atomic mass is 16.5. The van der Waals surface area contributed by atoms with E-state index in [1.54, 1.807) is 29.7 Å². The van der Waals surface area contributed by atoms with E-state index in [0.29, 0.717) is 46.8 Å². The average Bonchev–Trinajstić information content (AvgIpc) is 3.07. The van der Waals surface area contributed by atoms with Crippen LogP contribution in [0.15, 0.2) is 77.0 Å². The molecule has 2 aliphatic carbocycles. The number of benzene rings is 1. The largest absolute Gasteiger partial charge is 0.452 e. The molecule has 7 rings (SSSR count). The Morgan fingerprint density at radius 1 is 1.16 bits per heavy atom. The van der Waals surface area contributed by atoms with Crippen molar-refractivity contribution in [3.05, 3.63) is 82.4 Å². The summed E-state index contributed by atoms with van der Waals surface area (Å²) in [5, 5.41) is 14.0. The zero-order valence-corrected chi connectivity index (χ0v) is 20.6. The van der Waals surface area contributed by atoms with E-state index < -0.39 is 6.10 Å². The maximum absolute atomic E-state index is 13.8. The van der Waals surface area contributed by atoms with Crippen LogP contribution in [0.5, 0.6) is 0 Å². The second kappa shape index (κ2) is 9.61. The number of aliphatic hydroxyl groups is 1. The number of aliphatic hydroxyl groups excluding tert-OH is 1. The number of ether oxygens (including phenoxy) is 1. The number of esters is 1. The van der Waals surface area contributed by atoms with E-state index in [9.17, 15) is 14.7 Å². The minimum Gasteiger partial charge on any atom is -0.452 e. The number of piperidine rings is 3. The van der Waals surface area contributed by atoms with Crippen molar-refractivity contribution in [1.82, 2.24) is 10.4 Å². The molecular formula is C29H31N4O4+. The Balaban J connectivity index is 1.24. The van der Waals surface area contributed by atoms with Gasteiger partial charge in [0.05, 0.1) is 31.3 Å². The van der Waals surface area contributed by atoms with Crippen LogP contribution in [-0.4, -0.2) is 77.7 Å². The Bertz CT molecular complexity index is 1390. The molecule has 0 aromatic heterocycles. The van der Waals surface area contributed by atoms with Crippen LogP contribution in [0.2, 0.25) is 0 Å². The summed E-state index contributed by atoms with van der Waals surface area (Å²) in [6.07, 6.45) is 15.2. The highest BCUT2D eigenvalue weighted by molar-refractivity contribution is 6.18. The minimum atomic E-state index is -0.780. The molecule has 1 aromatic rings. The van der Waals surface area contributed by atoms with Gasteiger partial charge in [-0.1, -0.05) is 54.6 Å². The number of hydrogen-bond acceptors (Lipinski definition) is 6. The van der Waals surface area contributed by atoms with Crippen LogP contribution in [-0.2, 0) is 14.3 Å². The number of fused-ring (bicyclic) bond motifs is 5. The molecule has 37 heavy (non-hydrogen) atoms. The third kappa shape index (κ3) is 4.58. The molecule has 4 aliphatic heterocycles. The van der Waals surface area contributed by atoms with Crippen molar-refractivity contribution in [1.29, 1.82) is 0 Å². The molecule has 190 valence electrons. The maximum Gasteiger partial charge on any atom is 0.339 e. The first-order valence-corrected chi connectivity index (χ1v) is 12.9. The van der Waals surface area contributed by atoms with E-state index >= 15 is 0 Å². The number of amides is 1. The number of nitrogens with one attached hydrogen (secondary N) is 1. The first kappa shape index (κ1) is 23.6. The fourth-order valence-electron chi connectivity index (χ4n) is 6.18. The summed E-state index contributed by atoms with van der Waals surface area (Å²) in [6, 6.07) is 7.75. The molecular weight excluding hydrogens is 468 g/mol. The zero-order valence-electron chi connectivity index (χ0n) is 20.6. The Morgan fingerprint density at radius 2 is 2.00 bits per heavy atom. The van der Waals surface area contributed by atoms with Crippen molar-refractivity contribution in [3.8, 4) is 0 Å². The van der Waals surface area contributed by atoms with Gasteiger partial charge in [-0.15, -0.1) is 0 Å². The molecule has 1 aromatic carbocycles. The third-order valence-electron chi connectivity index (χ3n) is 8.08. The standard InChI is InChI=1S/C29H30N4O4/c34-25-8-3-7-24-23(25)10-9-20-5-1-2-6-22(20)28(24)29(36)37-26-17-33(15-11-21(26)12-16-33)18-27(35)31-32-14-4-13-30-19-32/h1-10,13,19,21,25-26,34H,11-12,14-18H2/p+1/t21?,25?,26-,33?/m0/s1. The van der Waals surface area contributed by atoms with E-state index in [-0.39, 0.29) is 18.0 Å². The van der Waals surface area contributed by atoms with Crippen LogP contribution in [0.4, 0.5) is 0 Å². The normalized spacial score (nSPS) is 29.4. The summed E-state index contributed by atoms with van der Waals surface area (Å²) in [4.78, 5) is 30.8. The van der Waals surface area contributed by atoms with Crippen molar-refractivity contribution >= 4 is 29.9 Å². The molecule has 2 atom stereocenters. The summed E-state index contributed by atoms with van der Waals surface area (Å²) in [7, 11) is 0. The molecule has 8 heteroatoms. The van der Waals surface area contributed by atoms with Gasteiger partial charge in [0.2, 0.25) is 0 Å². The van der Waals surface area contributed by atoms with Crippen molar-refractivity contribution in [2.75, 3.05) is 32.7 Å². The van der Waals surface area contributed by atoms with E-state index in [1.807, 2.05) is 48.6 Å². The summed E-state index contributed by atoms with van der Waals surface area (Å²) >= 11 is 0. The Kier molecular flexibility index (Phi) is 6.14. The summed E-state index contributed by atoms with van der Waals surface area (Å²) in [6.45, 7) is 3.37. The third-order valence-corrected chi connectivity index (χ3v) is 8.08. The molecule has 3 saturated heterocycles. The molecule has 2 bridgehead atoms. The quantitative estimate of drug-likeness (QED) is 0.454. The first-order valence-electron chi connectivity index (χ1n) is 12.9. The molecule has 0 saturated carbocycles. The molecule has 3 fully saturated rings. The molecule has 0 spiro atoms. The smallest absolute Gasteiger partial charge is 0.339 e. The van der Waals surface area contributed by atoms with Crippen LogP contribution in [0.25, 0.3) is 11.6 Å². The van der Waals surface area contributed by atoms with Crippen LogP contribution in [0.3, 0.4) is 0 Å². The van der Waals surface area contributed by atoms with Crippen molar-refractivity contribution in [2.24, 2.45) is 10.9 Å². The predicted molar refractivity (Wildman–Crippen MR) is 140 cm³/mol. The maximum atomic E-state index is 13.8. The van der Waals surface area contributed by atoms with Gasteiger partial charge in [0.1, 0.15) is 12.9 Å². The van der Waals surface area contributed by atoms with E-state index in [0.717, 1.165) is 36.4 Å². The van der Waals surface area contributed by atoms with E-state index in [2.05, 4.69) is 10.4 Å². The van der Waals surface area contributed by atoms with Crippen molar-refractivity contribution in [2.45, 2.75) is 25.0 Å². The van der Waals surface area contributed by atoms with Gasteiger partial charge in [-0.25, -0.2) is 9.79 Å². The highest BCUT2D eigenvalue weighted by Gasteiger charge is 2.49. The number of carbonyl (C=O) groups excluding carboxylic acids is 2. The highest BCUT2D eigenvalue weighted by Crippen LogP contribution is 2.37. The topological polar surface area (TPSA) is 91.2 Å². The number of hydrazine groups is 1. The van der Waals surface area contributed by atoms with E-state index in [1.165, 1.54) is 0 Å². The van der Waals surface area contributed by atoms with Gasteiger partial charge in [0, 0.05) is 25.0 Å². The lowest BCUT2D eigenvalue weighted by molar-refractivity contribution is -0.939. The molecule has 2 N–H and O–H groups in total. The molecule has 4 heterocycles. The van der Waals surface area contributed by atoms with Gasteiger partial charge < -0.3 is 14.3 Å². The van der Waals surface area contributed by atoms with Crippen LogP contribution in [0.1, 0.15) is 12.8 Å². The second-order valence-corrected chi connectivity index (χ2v) is 10.4. The second-order valence-electron chi connectivity index (χ2n) is 10.4.